The molecule has 222 valence electrons. The maximum atomic E-state index is 14.3. The molecule has 0 spiro atoms. The van der Waals surface area contributed by atoms with Crippen LogP contribution in [-0.4, -0.2) is 42.2 Å². The summed E-state index contributed by atoms with van der Waals surface area (Å²) < 4.78 is 13.1. The molecule has 9 heteroatoms. The van der Waals surface area contributed by atoms with E-state index in [1.165, 1.54) is 0 Å². The number of hydrazine groups is 1. The first-order valence-corrected chi connectivity index (χ1v) is 15.3. The van der Waals surface area contributed by atoms with E-state index in [0.717, 1.165) is 26.7 Å². The van der Waals surface area contributed by atoms with Crippen molar-refractivity contribution < 1.29 is 19.4 Å². The molecule has 0 aliphatic carbocycles. The fraction of sp³-hybridized carbons (Fsp3) is 0.235. The number of nitrogens with zero attached hydrogens (tertiary/aromatic N) is 1. The van der Waals surface area contributed by atoms with Crippen LogP contribution in [0.1, 0.15) is 34.8 Å². The first-order valence-electron chi connectivity index (χ1n) is 14.2. The normalized spacial score (nSPS) is 17.7. The van der Waals surface area contributed by atoms with Crippen molar-refractivity contribution >= 4 is 39.3 Å². The van der Waals surface area contributed by atoms with Crippen molar-refractivity contribution in [2.24, 2.45) is 4.99 Å². The van der Waals surface area contributed by atoms with Gasteiger partial charge in [-0.15, -0.1) is 0 Å². The number of carbonyl (C=O) groups is 1. The summed E-state index contributed by atoms with van der Waals surface area (Å²) in [6, 6.07) is 32.6. The van der Waals surface area contributed by atoms with Gasteiger partial charge in [-0.2, -0.15) is 0 Å². The van der Waals surface area contributed by atoms with E-state index in [2.05, 4.69) is 26.8 Å². The van der Waals surface area contributed by atoms with Gasteiger partial charge in [0.05, 0.1) is 6.61 Å². The van der Waals surface area contributed by atoms with Crippen LogP contribution in [-0.2, 0) is 22.4 Å². The molecule has 1 aliphatic rings. The van der Waals surface area contributed by atoms with E-state index in [1.807, 2.05) is 103 Å². The third kappa shape index (κ3) is 7.64. The summed E-state index contributed by atoms with van der Waals surface area (Å²) in [4.78, 5) is 19.3. The van der Waals surface area contributed by atoms with E-state index in [1.54, 1.807) is 0 Å². The molecule has 0 aromatic heterocycles. The van der Waals surface area contributed by atoms with E-state index >= 15 is 0 Å². The molecular formula is C34H33BrClN3O4. The van der Waals surface area contributed by atoms with Gasteiger partial charge in [0.1, 0.15) is 5.75 Å². The summed E-state index contributed by atoms with van der Waals surface area (Å²) >= 11 is 9.80. The number of hydrogen-bond donors (Lipinski definition) is 3. The second kappa shape index (κ2) is 14.7. The summed E-state index contributed by atoms with van der Waals surface area (Å²) in [7, 11) is 0. The lowest BCUT2D eigenvalue weighted by atomic mass is 9.82. The Morgan fingerprint density at radius 1 is 1.00 bits per heavy atom. The van der Waals surface area contributed by atoms with Gasteiger partial charge < -0.3 is 14.6 Å². The van der Waals surface area contributed by atoms with Crippen LogP contribution in [0.4, 0.5) is 0 Å². The molecule has 0 unspecified atom stereocenters. The number of amides is 1. The van der Waals surface area contributed by atoms with Crippen LogP contribution in [0, 0.1) is 0 Å². The highest BCUT2D eigenvalue weighted by Crippen LogP contribution is 2.43. The highest BCUT2D eigenvalue weighted by molar-refractivity contribution is 9.10. The molecule has 4 aromatic rings. The summed E-state index contributed by atoms with van der Waals surface area (Å²) in [5, 5.41) is 9.72. The largest absolute Gasteiger partial charge is 0.494 e. The minimum atomic E-state index is -1.32. The number of halogens is 2. The second-order valence-electron chi connectivity index (χ2n) is 10.2. The first-order chi connectivity index (χ1) is 21.0. The molecule has 1 amide bonds. The zero-order chi connectivity index (χ0) is 30.1. The predicted octanol–water partition coefficient (Wildman–Crippen LogP) is 6.23. The van der Waals surface area contributed by atoms with Crippen molar-refractivity contribution in [1.29, 1.82) is 0 Å². The lowest BCUT2D eigenvalue weighted by molar-refractivity contribution is -0.130. The molecule has 0 saturated heterocycles. The van der Waals surface area contributed by atoms with Gasteiger partial charge in [0.25, 0.3) is 5.91 Å². The number of benzene rings is 4. The standard InChI is InChI=1S/C34H33BrClN3O4/c35-30-13-5-4-11-27(30)23-34(33(41)39-37-19-18-24-8-6-12-28(36)22-24)31(25-9-2-1-3-10-25)43-32(38-34)26-14-16-29(17-15-26)42-21-7-20-40/h1-6,8-17,22,31,37,40H,7,18-21,23H2,(H,39,41)/t31-,34-/m0/s1. The van der Waals surface area contributed by atoms with E-state index < -0.39 is 11.6 Å². The number of nitrogens with one attached hydrogen (secondary N) is 2. The fourth-order valence-electron chi connectivity index (χ4n) is 4.99. The monoisotopic (exact) mass is 661 g/mol. The molecule has 0 bridgehead atoms. The third-order valence-electron chi connectivity index (χ3n) is 7.18. The average molecular weight is 663 g/mol. The van der Waals surface area contributed by atoms with Gasteiger partial charge in [0, 0.05) is 41.1 Å². The quantitative estimate of drug-likeness (QED) is 0.117. The number of aliphatic imine (C=N–C) groups is 1. The fourth-order valence-corrected chi connectivity index (χ4v) is 5.63. The summed E-state index contributed by atoms with van der Waals surface area (Å²) in [5.74, 6) is 0.746. The van der Waals surface area contributed by atoms with Crippen LogP contribution in [0.15, 0.2) is 113 Å². The van der Waals surface area contributed by atoms with Gasteiger partial charge in [-0.1, -0.05) is 88.2 Å². The van der Waals surface area contributed by atoms with Crippen LogP contribution >= 0.6 is 27.5 Å². The zero-order valence-electron chi connectivity index (χ0n) is 23.5. The molecule has 3 N–H and O–H groups in total. The molecule has 5 rings (SSSR count). The molecule has 0 saturated carbocycles. The van der Waals surface area contributed by atoms with Crippen LogP contribution in [0.2, 0.25) is 5.02 Å². The SMILES string of the molecule is O=C(NNCCc1cccc(Cl)c1)[C@@]1(Cc2ccccc2Br)N=C(c2ccc(OCCCO)cc2)O[C@H]1c1ccccc1. The van der Waals surface area contributed by atoms with E-state index in [9.17, 15) is 4.79 Å². The molecule has 1 aliphatic heterocycles. The number of rotatable bonds is 13. The molecular weight excluding hydrogens is 630 g/mol. The third-order valence-corrected chi connectivity index (χ3v) is 8.19. The van der Waals surface area contributed by atoms with Gasteiger partial charge in [-0.3, -0.25) is 10.2 Å². The van der Waals surface area contributed by atoms with Crippen molar-refractivity contribution in [1.82, 2.24) is 10.9 Å². The molecule has 0 fully saturated rings. The molecule has 43 heavy (non-hydrogen) atoms. The Labute approximate surface area is 265 Å². The second-order valence-corrected chi connectivity index (χ2v) is 11.5. The van der Waals surface area contributed by atoms with Crippen molar-refractivity contribution in [3.05, 3.63) is 135 Å². The summed E-state index contributed by atoms with van der Waals surface area (Å²) in [5.41, 5.74) is 8.27. The van der Waals surface area contributed by atoms with Crippen molar-refractivity contribution in [2.45, 2.75) is 30.9 Å². The molecule has 1 heterocycles. The van der Waals surface area contributed by atoms with Gasteiger partial charge in [0.15, 0.2) is 11.6 Å². The highest BCUT2D eigenvalue weighted by Gasteiger charge is 2.53. The molecule has 7 nitrogen and oxygen atoms in total. The van der Waals surface area contributed by atoms with Gasteiger partial charge >= 0.3 is 0 Å². The Bertz CT molecular complexity index is 1550. The topological polar surface area (TPSA) is 92.2 Å². The van der Waals surface area contributed by atoms with Crippen molar-refractivity contribution in [3.8, 4) is 5.75 Å². The molecule has 2 atom stereocenters. The minimum absolute atomic E-state index is 0.0702. The van der Waals surface area contributed by atoms with Gasteiger partial charge in [-0.25, -0.2) is 10.4 Å². The zero-order valence-corrected chi connectivity index (χ0v) is 25.9. The van der Waals surface area contributed by atoms with Crippen LogP contribution in [0.25, 0.3) is 0 Å². The first kappa shape index (κ1) is 30.8. The predicted molar refractivity (Wildman–Crippen MR) is 172 cm³/mol. The Balaban J connectivity index is 1.46. The smallest absolute Gasteiger partial charge is 0.266 e. The van der Waals surface area contributed by atoms with E-state index in [-0.39, 0.29) is 12.5 Å². The van der Waals surface area contributed by atoms with Crippen molar-refractivity contribution in [3.63, 3.8) is 0 Å². The van der Waals surface area contributed by atoms with E-state index in [4.69, 9.17) is 31.2 Å². The number of aliphatic hydroxyl groups is 1. The Kier molecular flexibility index (Phi) is 10.5. The minimum Gasteiger partial charge on any atom is -0.494 e. The van der Waals surface area contributed by atoms with Gasteiger partial charge in [0.2, 0.25) is 5.90 Å². The molecule has 4 aromatic carbocycles. The Hall–Kier alpha value is -3.69. The molecule has 0 radical (unpaired) electrons. The Morgan fingerprint density at radius 2 is 1.77 bits per heavy atom. The maximum absolute atomic E-state index is 14.3. The number of hydrogen-bond acceptors (Lipinski definition) is 6. The Morgan fingerprint density at radius 3 is 2.51 bits per heavy atom. The number of carbonyl (C=O) groups excluding carboxylic acids is 1. The lowest BCUT2D eigenvalue weighted by Crippen LogP contribution is -2.54. The average Bonchev–Trinajstić information content (AvgIpc) is 3.42. The van der Waals surface area contributed by atoms with Crippen LogP contribution < -0.4 is 15.6 Å². The van der Waals surface area contributed by atoms with Gasteiger partial charge in [-0.05, 0) is 65.6 Å². The summed E-state index contributed by atoms with van der Waals surface area (Å²) in [6.45, 7) is 0.992. The summed E-state index contributed by atoms with van der Waals surface area (Å²) in [6.07, 6.45) is 0.835. The number of aliphatic hydroxyl groups excluding tert-OH is 1. The maximum Gasteiger partial charge on any atom is 0.266 e. The van der Waals surface area contributed by atoms with Crippen LogP contribution in [0.3, 0.4) is 0 Å². The number of ether oxygens (including phenoxy) is 2. The lowest BCUT2D eigenvalue weighted by Gasteiger charge is -2.31. The van der Waals surface area contributed by atoms with Crippen LogP contribution in [0.5, 0.6) is 5.75 Å². The highest BCUT2D eigenvalue weighted by atomic mass is 79.9. The van der Waals surface area contributed by atoms with Crippen molar-refractivity contribution in [2.75, 3.05) is 19.8 Å². The van der Waals surface area contributed by atoms with E-state index in [0.29, 0.717) is 49.1 Å².